The topological polar surface area (TPSA) is 81.0 Å². The van der Waals surface area contributed by atoms with Crippen LogP contribution in [-0.4, -0.2) is 58.0 Å². The molecule has 5 nitrogen and oxygen atoms in total. The summed E-state index contributed by atoms with van der Waals surface area (Å²) in [6, 6.07) is 5.23. The number of aliphatic hydroxyl groups excluding tert-OH is 3. The van der Waals surface area contributed by atoms with E-state index >= 15 is 0 Å². The molecule has 0 saturated carbocycles. The molecule has 1 aromatic carbocycles. The zero-order valence-electron chi connectivity index (χ0n) is 11.2. The van der Waals surface area contributed by atoms with E-state index in [4.69, 9.17) is 5.11 Å². The molecule has 0 bridgehead atoms. The van der Waals surface area contributed by atoms with Crippen LogP contribution in [0.4, 0.5) is 0 Å². The fourth-order valence-electron chi connectivity index (χ4n) is 2.18. The third kappa shape index (κ3) is 2.99. The summed E-state index contributed by atoms with van der Waals surface area (Å²) in [6.45, 7) is 1.85. The zero-order valence-corrected chi connectivity index (χ0v) is 11.2. The van der Waals surface area contributed by atoms with Gasteiger partial charge in [0.1, 0.15) is 6.61 Å². The van der Waals surface area contributed by atoms with Gasteiger partial charge in [0.05, 0.1) is 12.2 Å². The lowest BCUT2D eigenvalue weighted by molar-refractivity contribution is 0.0572. The number of carbonyl (C=O) groups is 1. The number of nitrogens with zero attached hydrogens (tertiary/aromatic N) is 1. The van der Waals surface area contributed by atoms with Crippen molar-refractivity contribution < 1.29 is 20.1 Å². The first kappa shape index (κ1) is 14.5. The monoisotopic (exact) mass is 275 g/mol. The Kier molecular flexibility index (Phi) is 4.40. The van der Waals surface area contributed by atoms with E-state index in [1.165, 1.54) is 4.90 Å². The van der Waals surface area contributed by atoms with Crippen LogP contribution in [0.5, 0.6) is 0 Å². The molecule has 5 heteroatoms. The van der Waals surface area contributed by atoms with Crippen molar-refractivity contribution in [1.29, 1.82) is 0 Å². The van der Waals surface area contributed by atoms with Gasteiger partial charge in [0, 0.05) is 24.2 Å². The summed E-state index contributed by atoms with van der Waals surface area (Å²) in [5.41, 5.74) is 1.95. The van der Waals surface area contributed by atoms with Gasteiger partial charge in [-0.05, 0) is 24.6 Å². The molecule has 1 fully saturated rings. The molecule has 1 aromatic rings. The first-order valence-corrected chi connectivity index (χ1v) is 6.38. The van der Waals surface area contributed by atoms with E-state index in [2.05, 4.69) is 11.8 Å². The van der Waals surface area contributed by atoms with Crippen LogP contribution in [-0.2, 0) is 0 Å². The molecule has 3 N–H and O–H groups in total. The number of aliphatic hydroxyl groups is 3. The second kappa shape index (κ2) is 6.06. The van der Waals surface area contributed by atoms with Gasteiger partial charge in [-0.3, -0.25) is 4.79 Å². The molecule has 1 heterocycles. The van der Waals surface area contributed by atoms with Gasteiger partial charge in [-0.2, -0.15) is 0 Å². The minimum atomic E-state index is -0.892. The molecule has 1 aliphatic heterocycles. The van der Waals surface area contributed by atoms with Crippen molar-refractivity contribution in [3.8, 4) is 11.8 Å². The fourth-order valence-corrected chi connectivity index (χ4v) is 2.18. The summed E-state index contributed by atoms with van der Waals surface area (Å²) in [6.07, 6.45) is -1.78. The molecule has 2 atom stereocenters. The van der Waals surface area contributed by atoms with Gasteiger partial charge in [0.15, 0.2) is 0 Å². The third-order valence-corrected chi connectivity index (χ3v) is 3.33. The molecule has 0 radical (unpaired) electrons. The van der Waals surface area contributed by atoms with Crippen molar-refractivity contribution >= 4 is 5.91 Å². The van der Waals surface area contributed by atoms with Gasteiger partial charge < -0.3 is 20.2 Å². The minimum Gasteiger partial charge on any atom is -0.388 e. The number of benzene rings is 1. The SMILES string of the molecule is Cc1ccc(C#CCO)cc1C(=O)N1CC(O)C(O)C1. The van der Waals surface area contributed by atoms with Crippen LogP contribution in [0.15, 0.2) is 18.2 Å². The van der Waals surface area contributed by atoms with Crippen LogP contribution >= 0.6 is 0 Å². The maximum absolute atomic E-state index is 12.4. The standard InChI is InChI=1S/C15H17NO4/c1-10-4-5-11(3-2-6-17)7-12(10)15(20)16-8-13(18)14(19)9-16/h4-5,7,13-14,17-19H,6,8-9H2,1H3. The Hall–Kier alpha value is -1.87. The summed E-state index contributed by atoms with van der Waals surface area (Å²) in [5.74, 6) is 5.06. The van der Waals surface area contributed by atoms with Crippen molar-refractivity contribution in [3.05, 3.63) is 34.9 Å². The molecule has 20 heavy (non-hydrogen) atoms. The van der Waals surface area contributed by atoms with E-state index in [9.17, 15) is 15.0 Å². The second-order valence-corrected chi connectivity index (χ2v) is 4.83. The van der Waals surface area contributed by atoms with E-state index < -0.39 is 12.2 Å². The predicted octanol–water partition coefficient (Wildman–Crippen LogP) is -0.484. The zero-order chi connectivity index (χ0) is 14.7. The molecule has 0 aliphatic carbocycles. The van der Waals surface area contributed by atoms with E-state index in [0.29, 0.717) is 11.1 Å². The number of hydrogen-bond acceptors (Lipinski definition) is 4. The number of β-amino-alcohol motifs (C(OH)–C–C–N with tert-alkyl or cyclic N) is 2. The van der Waals surface area contributed by atoms with E-state index in [-0.39, 0.29) is 25.6 Å². The molecule has 2 unspecified atom stereocenters. The Morgan fingerprint density at radius 3 is 2.60 bits per heavy atom. The Labute approximate surface area is 117 Å². The maximum Gasteiger partial charge on any atom is 0.254 e. The minimum absolute atomic E-state index is 0.131. The molecule has 106 valence electrons. The molecule has 1 saturated heterocycles. The van der Waals surface area contributed by atoms with Gasteiger partial charge in [-0.15, -0.1) is 0 Å². The van der Waals surface area contributed by atoms with Crippen LogP contribution in [0.2, 0.25) is 0 Å². The fraction of sp³-hybridized carbons (Fsp3) is 0.400. The lowest BCUT2D eigenvalue weighted by Crippen LogP contribution is -2.30. The molecule has 0 aromatic heterocycles. The highest BCUT2D eigenvalue weighted by Gasteiger charge is 2.33. The third-order valence-electron chi connectivity index (χ3n) is 3.33. The van der Waals surface area contributed by atoms with Crippen molar-refractivity contribution in [2.75, 3.05) is 19.7 Å². The number of amides is 1. The van der Waals surface area contributed by atoms with Crippen molar-refractivity contribution in [2.45, 2.75) is 19.1 Å². The highest BCUT2D eigenvalue weighted by atomic mass is 16.3. The molecular formula is C15H17NO4. The maximum atomic E-state index is 12.4. The summed E-state index contributed by atoms with van der Waals surface area (Å²) < 4.78 is 0. The first-order valence-electron chi connectivity index (χ1n) is 6.38. The Morgan fingerprint density at radius 2 is 2.00 bits per heavy atom. The number of carbonyl (C=O) groups excluding carboxylic acids is 1. The lowest BCUT2D eigenvalue weighted by Gasteiger charge is -2.17. The summed E-state index contributed by atoms with van der Waals surface area (Å²) in [4.78, 5) is 13.8. The normalized spacial score (nSPS) is 21.5. The number of likely N-dealkylation sites (tertiary alicyclic amines) is 1. The summed E-state index contributed by atoms with van der Waals surface area (Å²) in [5, 5.41) is 27.7. The van der Waals surface area contributed by atoms with Gasteiger partial charge in [0.2, 0.25) is 0 Å². The van der Waals surface area contributed by atoms with E-state index in [1.54, 1.807) is 18.2 Å². The first-order chi connectivity index (χ1) is 9.52. The Bertz CT molecular complexity index is 563. The Morgan fingerprint density at radius 1 is 1.35 bits per heavy atom. The van der Waals surface area contributed by atoms with E-state index in [1.807, 2.05) is 6.92 Å². The smallest absolute Gasteiger partial charge is 0.254 e. The van der Waals surface area contributed by atoms with Crippen molar-refractivity contribution in [2.24, 2.45) is 0 Å². The summed E-state index contributed by atoms with van der Waals surface area (Å²) >= 11 is 0. The average Bonchev–Trinajstić information content (AvgIpc) is 2.77. The van der Waals surface area contributed by atoms with E-state index in [0.717, 1.165) is 5.56 Å². The van der Waals surface area contributed by atoms with Crippen molar-refractivity contribution in [1.82, 2.24) is 4.90 Å². The predicted molar refractivity (Wildman–Crippen MR) is 73.1 cm³/mol. The molecule has 2 rings (SSSR count). The number of rotatable bonds is 1. The van der Waals surface area contributed by atoms with Crippen molar-refractivity contribution in [3.63, 3.8) is 0 Å². The van der Waals surface area contributed by atoms with Gasteiger partial charge in [-0.25, -0.2) is 0 Å². The van der Waals surface area contributed by atoms with Gasteiger partial charge in [0.25, 0.3) is 5.91 Å². The molecular weight excluding hydrogens is 258 g/mol. The highest BCUT2D eigenvalue weighted by molar-refractivity contribution is 5.96. The largest absolute Gasteiger partial charge is 0.388 e. The number of hydrogen-bond donors (Lipinski definition) is 3. The average molecular weight is 275 g/mol. The molecule has 0 spiro atoms. The molecule has 1 aliphatic rings. The Balaban J connectivity index is 2.25. The van der Waals surface area contributed by atoms with Crippen LogP contribution in [0.1, 0.15) is 21.5 Å². The number of aryl methyl sites for hydroxylation is 1. The summed E-state index contributed by atoms with van der Waals surface area (Å²) in [7, 11) is 0. The van der Waals surface area contributed by atoms with Crippen LogP contribution < -0.4 is 0 Å². The lowest BCUT2D eigenvalue weighted by atomic mass is 10.0. The van der Waals surface area contributed by atoms with Crippen LogP contribution in [0, 0.1) is 18.8 Å². The quantitative estimate of drug-likeness (QED) is 0.605. The van der Waals surface area contributed by atoms with Gasteiger partial charge >= 0.3 is 0 Å². The van der Waals surface area contributed by atoms with Crippen LogP contribution in [0.25, 0.3) is 0 Å². The van der Waals surface area contributed by atoms with Crippen LogP contribution in [0.3, 0.4) is 0 Å². The highest BCUT2D eigenvalue weighted by Crippen LogP contribution is 2.18. The molecule has 1 amide bonds. The van der Waals surface area contributed by atoms with Gasteiger partial charge in [-0.1, -0.05) is 17.9 Å². The second-order valence-electron chi connectivity index (χ2n) is 4.83.